The van der Waals surface area contributed by atoms with Gasteiger partial charge in [-0.25, -0.2) is 14.0 Å². The van der Waals surface area contributed by atoms with E-state index >= 15 is 0 Å². The van der Waals surface area contributed by atoms with Gasteiger partial charge in [-0.3, -0.25) is 9.80 Å². The number of hydrogen-bond donors (Lipinski definition) is 1. The zero-order valence-electron chi connectivity index (χ0n) is 19.6. The lowest BCUT2D eigenvalue weighted by atomic mass is 9.94. The van der Waals surface area contributed by atoms with Crippen LogP contribution in [0.25, 0.3) is 0 Å². The fraction of sp³-hybridized carbons (Fsp3) is 0.360. The molecule has 2 heterocycles. The highest BCUT2D eigenvalue weighted by Gasteiger charge is 2.38. The highest BCUT2D eigenvalue weighted by atomic mass is 35.5. The summed E-state index contributed by atoms with van der Waals surface area (Å²) in [5, 5.41) is 3.66. The quantitative estimate of drug-likeness (QED) is 0.569. The van der Waals surface area contributed by atoms with Crippen molar-refractivity contribution >= 4 is 40.9 Å². The van der Waals surface area contributed by atoms with Crippen LogP contribution in [0.5, 0.6) is 0 Å². The van der Waals surface area contributed by atoms with Gasteiger partial charge in [0, 0.05) is 55.5 Å². The van der Waals surface area contributed by atoms with E-state index in [1.165, 1.54) is 11.0 Å². The number of nitrogens with zero attached hydrogens (tertiary/aromatic N) is 3. The Hall–Kier alpha value is -2.81. The average molecular weight is 521 g/mol. The van der Waals surface area contributed by atoms with Crippen LogP contribution in [0.4, 0.5) is 14.9 Å². The Bertz CT molecular complexity index is 1150. The van der Waals surface area contributed by atoms with Crippen molar-refractivity contribution in [3.63, 3.8) is 0 Å². The molecule has 2 aromatic rings. The number of benzene rings is 2. The molecule has 1 unspecified atom stereocenters. The number of hydrogen-bond acceptors (Lipinski definition) is 5. The number of urea groups is 1. The molecule has 2 aliphatic rings. The Kier molecular flexibility index (Phi) is 7.84. The van der Waals surface area contributed by atoms with E-state index in [0.717, 1.165) is 0 Å². The lowest BCUT2D eigenvalue weighted by Crippen LogP contribution is -2.52. The number of para-hydroxylation sites is 1. The molecular weight excluding hydrogens is 494 g/mol. The maximum absolute atomic E-state index is 14.2. The van der Waals surface area contributed by atoms with Crippen molar-refractivity contribution in [3.05, 3.63) is 75.2 Å². The van der Waals surface area contributed by atoms with Gasteiger partial charge in [0.25, 0.3) is 0 Å². The fourth-order valence-electron chi connectivity index (χ4n) is 4.43. The Labute approximate surface area is 214 Å². The van der Waals surface area contributed by atoms with E-state index in [1.54, 1.807) is 44.3 Å². The minimum atomic E-state index is -0.780. The fourth-order valence-corrected chi connectivity index (χ4v) is 4.95. The van der Waals surface area contributed by atoms with Crippen LogP contribution in [0.3, 0.4) is 0 Å². The monoisotopic (exact) mass is 520 g/mol. The summed E-state index contributed by atoms with van der Waals surface area (Å²) in [6.07, 6.45) is 0. The van der Waals surface area contributed by atoms with Gasteiger partial charge in [0.2, 0.25) is 0 Å². The first kappa shape index (κ1) is 25.3. The standard InChI is InChI=1S/C25H27Cl2FN4O3/c1-3-35-24(33)22-21(15-31-10-12-32(13-11-31)20-7-5-4-6-19(20)28)30(2)25(34)29-23(22)17-9-8-16(26)14-18(17)27/h4-9,14,23H,3,10-13,15H2,1-2H3,(H,29,34). The summed E-state index contributed by atoms with van der Waals surface area (Å²) in [4.78, 5) is 31.6. The van der Waals surface area contributed by atoms with Gasteiger partial charge < -0.3 is 15.0 Å². The lowest BCUT2D eigenvalue weighted by Gasteiger charge is -2.40. The van der Waals surface area contributed by atoms with E-state index in [2.05, 4.69) is 10.2 Å². The molecule has 1 saturated heterocycles. The van der Waals surface area contributed by atoms with Crippen LogP contribution >= 0.6 is 23.2 Å². The van der Waals surface area contributed by atoms with Crippen LogP contribution in [0, 0.1) is 5.82 Å². The van der Waals surface area contributed by atoms with Crippen molar-refractivity contribution in [1.29, 1.82) is 0 Å². The largest absolute Gasteiger partial charge is 0.463 e. The summed E-state index contributed by atoms with van der Waals surface area (Å²) >= 11 is 12.5. The maximum atomic E-state index is 14.2. The number of piperazine rings is 1. The minimum Gasteiger partial charge on any atom is -0.463 e. The number of carbonyl (C=O) groups excluding carboxylic acids is 2. The summed E-state index contributed by atoms with van der Waals surface area (Å²) in [6, 6.07) is 10.5. The third kappa shape index (κ3) is 5.39. The molecule has 2 aliphatic heterocycles. The normalized spacial score (nSPS) is 19.1. The molecule has 4 rings (SSSR count). The number of amides is 2. The van der Waals surface area contributed by atoms with Crippen molar-refractivity contribution in [2.24, 2.45) is 0 Å². The van der Waals surface area contributed by atoms with E-state index in [1.807, 2.05) is 11.0 Å². The molecule has 7 nitrogen and oxygen atoms in total. The third-order valence-corrected chi connectivity index (χ3v) is 6.85. The van der Waals surface area contributed by atoms with Gasteiger partial charge in [0.15, 0.2) is 0 Å². The van der Waals surface area contributed by atoms with Crippen LogP contribution in [0.1, 0.15) is 18.5 Å². The number of anilines is 1. The molecule has 1 atom stereocenters. The summed E-state index contributed by atoms with van der Waals surface area (Å²) in [5.74, 6) is -0.769. The van der Waals surface area contributed by atoms with E-state index < -0.39 is 12.0 Å². The molecule has 1 fully saturated rings. The molecule has 35 heavy (non-hydrogen) atoms. The molecule has 2 amide bonds. The van der Waals surface area contributed by atoms with Crippen LogP contribution in [-0.4, -0.2) is 68.2 Å². The Morgan fingerprint density at radius 2 is 1.86 bits per heavy atom. The van der Waals surface area contributed by atoms with Gasteiger partial charge in [-0.2, -0.15) is 0 Å². The van der Waals surface area contributed by atoms with Gasteiger partial charge in [-0.15, -0.1) is 0 Å². The van der Waals surface area contributed by atoms with Gasteiger partial charge in [0.1, 0.15) is 5.82 Å². The van der Waals surface area contributed by atoms with Crippen molar-refractivity contribution in [2.75, 3.05) is 51.3 Å². The molecule has 0 aliphatic carbocycles. The second kappa shape index (κ2) is 10.8. The Balaban J connectivity index is 1.63. The second-order valence-corrected chi connectivity index (χ2v) is 9.25. The molecular formula is C25H27Cl2FN4O3. The van der Waals surface area contributed by atoms with Gasteiger partial charge in [-0.1, -0.05) is 41.4 Å². The average Bonchev–Trinajstić information content (AvgIpc) is 2.83. The summed E-state index contributed by atoms with van der Waals surface area (Å²) in [6.45, 7) is 4.78. The number of nitrogens with one attached hydrogen (secondary N) is 1. The topological polar surface area (TPSA) is 65.1 Å². The number of esters is 1. The van der Waals surface area contributed by atoms with E-state index in [-0.39, 0.29) is 18.5 Å². The second-order valence-electron chi connectivity index (χ2n) is 8.40. The first-order valence-electron chi connectivity index (χ1n) is 11.4. The van der Waals surface area contributed by atoms with Crippen LogP contribution < -0.4 is 10.2 Å². The van der Waals surface area contributed by atoms with Crippen molar-refractivity contribution in [2.45, 2.75) is 13.0 Å². The predicted octanol–water partition coefficient (Wildman–Crippen LogP) is 4.47. The van der Waals surface area contributed by atoms with E-state index in [0.29, 0.717) is 65.3 Å². The minimum absolute atomic E-state index is 0.190. The summed E-state index contributed by atoms with van der Waals surface area (Å²) in [7, 11) is 1.62. The van der Waals surface area contributed by atoms with E-state index in [9.17, 15) is 14.0 Å². The Morgan fingerprint density at radius 1 is 1.14 bits per heavy atom. The molecule has 2 aromatic carbocycles. The van der Waals surface area contributed by atoms with Crippen molar-refractivity contribution in [1.82, 2.24) is 15.1 Å². The molecule has 1 N–H and O–H groups in total. The molecule has 10 heteroatoms. The smallest absolute Gasteiger partial charge is 0.338 e. The number of rotatable bonds is 6. The first-order chi connectivity index (χ1) is 16.8. The lowest BCUT2D eigenvalue weighted by molar-refractivity contribution is -0.139. The predicted molar refractivity (Wildman–Crippen MR) is 134 cm³/mol. The highest BCUT2D eigenvalue weighted by Crippen LogP contribution is 2.36. The molecule has 0 bridgehead atoms. The molecule has 186 valence electrons. The summed E-state index contributed by atoms with van der Waals surface area (Å²) in [5.41, 5.74) is 2.00. The SMILES string of the molecule is CCOC(=O)C1=C(CN2CCN(c3ccccc3F)CC2)N(C)C(=O)NC1c1ccc(Cl)cc1Cl. The number of likely N-dealkylation sites (N-methyl/N-ethyl adjacent to an activating group) is 1. The first-order valence-corrected chi connectivity index (χ1v) is 12.2. The van der Waals surface area contributed by atoms with E-state index in [4.69, 9.17) is 27.9 Å². The summed E-state index contributed by atoms with van der Waals surface area (Å²) < 4.78 is 19.6. The maximum Gasteiger partial charge on any atom is 0.338 e. The zero-order chi connectivity index (χ0) is 25.1. The van der Waals surface area contributed by atoms with Crippen molar-refractivity contribution < 1.29 is 18.7 Å². The zero-order valence-corrected chi connectivity index (χ0v) is 21.1. The number of ether oxygens (including phenoxy) is 1. The Morgan fingerprint density at radius 3 is 2.51 bits per heavy atom. The van der Waals surface area contributed by atoms with Crippen molar-refractivity contribution in [3.8, 4) is 0 Å². The highest BCUT2D eigenvalue weighted by molar-refractivity contribution is 6.35. The van der Waals surface area contributed by atoms with Gasteiger partial charge in [-0.05, 0) is 36.8 Å². The third-order valence-electron chi connectivity index (χ3n) is 6.28. The molecule has 0 saturated carbocycles. The molecule has 0 radical (unpaired) electrons. The number of carbonyl (C=O) groups is 2. The van der Waals surface area contributed by atoms with Gasteiger partial charge >= 0.3 is 12.0 Å². The van der Waals surface area contributed by atoms with Gasteiger partial charge in [0.05, 0.1) is 23.9 Å². The molecule has 0 spiro atoms. The van der Waals surface area contributed by atoms with Crippen LogP contribution in [-0.2, 0) is 9.53 Å². The van der Waals surface area contributed by atoms with Crippen LogP contribution in [0.2, 0.25) is 10.0 Å². The number of halogens is 3. The van der Waals surface area contributed by atoms with Crippen LogP contribution in [0.15, 0.2) is 53.7 Å². The molecule has 0 aromatic heterocycles.